The van der Waals surface area contributed by atoms with Crippen LogP contribution in [0.3, 0.4) is 0 Å². The van der Waals surface area contributed by atoms with Crippen LogP contribution in [0.1, 0.15) is 23.2 Å². The Bertz CT molecular complexity index is 882. The summed E-state index contributed by atoms with van der Waals surface area (Å²) in [4.78, 5) is 14.3. The molecule has 2 atom stereocenters. The van der Waals surface area contributed by atoms with Crippen molar-refractivity contribution in [3.8, 4) is 17.3 Å². The molecule has 2 heterocycles. The predicted octanol–water partition coefficient (Wildman–Crippen LogP) is 2.15. The highest BCUT2D eigenvalue weighted by atomic mass is 19.1. The molecule has 2 aliphatic rings. The summed E-state index contributed by atoms with van der Waals surface area (Å²) in [6.07, 6.45) is 7.81. The number of hydrogen-bond donors (Lipinski definition) is 1. The highest BCUT2D eigenvalue weighted by Crippen LogP contribution is 2.41. The van der Waals surface area contributed by atoms with E-state index in [-0.39, 0.29) is 11.9 Å². The first-order chi connectivity index (χ1) is 12.5. The molecule has 4 rings (SSSR count). The molecular formula is C19H20FN5O. The second-order valence-electron chi connectivity index (χ2n) is 7.18. The molecule has 1 aromatic carbocycles. The number of rotatable bonds is 4. The second kappa shape index (κ2) is 6.45. The van der Waals surface area contributed by atoms with E-state index < -0.39 is 5.82 Å². The van der Waals surface area contributed by atoms with Gasteiger partial charge in [0.15, 0.2) is 6.19 Å². The Morgan fingerprint density at radius 2 is 2.19 bits per heavy atom. The Labute approximate surface area is 151 Å². The molecule has 26 heavy (non-hydrogen) atoms. The zero-order valence-electron chi connectivity index (χ0n) is 14.5. The van der Waals surface area contributed by atoms with Gasteiger partial charge in [-0.1, -0.05) is 6.07 Å². The number of halogens is 1. The van der Waals surface area contributed by atoms with Gasteiger partial charge in [0.25, 0.3) is 5.91 Å². The first-order valence-electron chi connectivity index (χ1n) is 8.79. The predicted molar refractivity (Wildman–Crippen MR) is 93.3 cm³/mol. The van der Waals surface area contributed by atoms with E-state index in [1.807, 2.05) is 0 Å². The van der Waals surface area contributed by atoms with E-state index in [0.717, 1.165) is 12.8 Å². The number of hydrogen-bond acceptors (Lipinski definition) is 4. The van der Waals surface area contributed by atoms with Gasteiger partial charge in [-0.25, -0.2) is 4.39 Å². The minimum absolute atomic E-state index is 0.0595. The number of aryl methyl sites for hydroxylation is 1. The molecular weight excluding hydrogens is 333 g/mol. The fraction of sp³-hybridized carbons (Fsp3) is 0.421. The van der Waals surface area contributed by atoms with Gasteiger partial charge in [0.2, 0.25) is 0 Å². The minimum atomic E-state index is -0.450. The largest absolute Gasteiger partial charge is 0.347 e. The van der Waals surface area contributed by atoms with Crippen molar-refractivity contribution < 1.29 is 9.18 Å². The number of amides is 1. The molecule has 1 aliphatic heterocycles. The average molecular weight is 353 g/mol. The average Bonchev–Trinajstić information content (AvgIpc) is 3.25. The van der Waals surface area contributed by atoms with E-state index in [4.69, 9.17) is 5.26 Å². The quantitative estimate of drug-likeness (QED) is 0.855. The van der Waals surface area contributed by atoms with Crippen molar-refractivity contribution in [1.29, 1.82) is 5.26 Å². The van der Waals surface area contributed by atoms with Gasteiger partial charge in [0, 0.05) is 48.9 Å². The third-order valence-corrected chi connectivity index (χ3v) is 5.30. The van der Waals surface area contributed by atoms with Crippen molar-refractivity contribution in [2.24, 2.45) is 18.9 Å². The Balaban J connectivity index is 1.49. The van der Waals surface area contributed by atoms with E-state index in [1.54, 1.807) is 41.2 Å². The fourth-order valence-corrected chi connectivity index (χ4v) is 3.77. The maximum atomic E-state index is 14.5. The van der Waals surface area contributed by atoms with E-state index >= 15 is 0 Å². The van der Waals surface area contributed by atoms with Crippen LogP contribution >= 0.6 is 0 Å². The number of carbonyl (C=O) groups excluding carboxylic acids is 1. The topological polar surface area (TPSA) is 74.0 Å². The number of benzene rings is 1. The van der Waals surface area contributed by atoms with Gasteiger partial charge >= 0.3 is 0 Å². The maximum absolute atomic E-state index is 14.5. The fourth-order valence-electron chi connectivity index (χ4n) is 3.77. The van der Waals surface area contributed by atoms with Gasteiger partial charge in [-0.15, -0.1) is 0 Å². The summed E-state index contributed by atoms with van der Waals surface area (Å²) in [5.74, 6) is 0.146. The van der Waals surface area contributed by atoms with Crippen molar-refractivity contribution in [2.45, 2.75) is 18.9 Å². The van der Waals surface area contributed by atoms with Crippen LogP contribution in [0.2, 0.25) is 0 Å². The number of carbonyl (C=O) groups is 1. The zero-order valence-corrected chi connectivity index (χ0v) is 14.5. The lowest BCUT2D eigenvalue weighted by Gasteiger charge is -2.19. The number of likely N-dealkylation sites (tertiary alicyclic amines) is 1. The number of nitriles is 1. The molecule has 1 aromatic heterocycles. The van der Waals surface area contributed by atoms with Crippen molar-refractivity contribution in [1.82, 2.24) is 20.0 Å². The molecule has 1 amide bonds. The summed E-state index contributed by atoms with van der Waals surface area (Å²) in [7, 11) is 1.77. The molecule has 1 N–H and O–H groups in total. The highest BCUT2D eigenvalue weighted by Gasteiger charge is 2.43. The van der Waals surface area contributed by atoms with Gasteiger partial charge < -0.3 is 10.2 Å². The third-order valence-electron chi connectivity index (χ3n) is 5.30. The van der Waals surface area contributed by atoms with Gasteiger partial charge in [0.1, 0.15) is 5.82 Å². The van der Waals surface area contributed by atoms with Crippen molar-refractivity contribution in [3.63, 3.8) is 0 Å². The maximum Gasteiger partial charge on any atom is 0.251 e. The molecule has 2 fully saturated rings. The minimum Gasteiger partial charge on any atom is -0.347 e. The monoisotopic (exact) mass is 353 g/mol. The van der Waals surface area contributed by atoms with Crippen LogP contribution in [0.5, 0.6) is 0 Å². The number of nitrogens with zero attached hydrogens (tertiary/aromatic N) is 4. The summed E-state index contributed by atoms with van der Waals surface area (Å²) in [5.41, 5.74) is 1.38. The Hall–Kier alpha value is -2.88. The van der Waals surface area contributed by atoms with E-state index in [1.165, 1.54) is 6.07 Å². The molecule has 0 radical (unpaired) electrons. The van der Waals surface area contributed by atoms with E-state index in [9.17, 15) is 9.18 Å². The Morgan fingerprint density at radius 3 is 2.81 bits per heavy atom. The molecule has 2 aromatic rings. The normalized spacial score (nSPS) is 22.3. The summed E-state index contributed by atoms with van der Waals surface area (Å²) in [6.45, 7) is 1.22. The third kappa shape index (κ3) is 3.15. The summed E-state index contributed by atoms with van der Waals surface area (Å²) in [5, 5.41) is 16.2. The lowest BCUT2D eigenvalue weighted by molar-refractivity contribution is 0.0928. The van der Waals surface area contributed by atoms with Crippen LogP contribution in [0, 0.1) is 29.1 Å². The molecule has 6 nitrogen and oxygen atoms in total. The Kier molecular flexibility index (Phi) is 4.11. The van der Waals surface area contributed by atoms with Gasteiger partial charge in [0.05, 0.1) is 12.2 Å². The molecule has 134 valence electrons. The lowest BCUT2D eigenvalue weighted by atomic mass is 9.97. The standard InChI is InChI=1S/C19H20FN5O/c1-24-8-14(7-22-24)15-5-4-13(6-17(15)20)19(26)23-18-10-25(11-21)9-16(18)12-2-3-12/h4-8,12,16,18H,2-3,9-10H2,1H3,(H,23,26)/t16-,18-/m0/s1. The van der Waals surface area contributed by atoms with Gasteiger partial charge in [-0.05, 0) is 30.9 Å². The molecule has 1 saturated heterocycles. The summed E-state index contributed by atoms with van der Waals surface area (Å²) >= 11 is 0. The van der Waals surface area contributed by atoms with Crippen LogP contribution < -0.4 is 5.32 Å². The van der Waals surface area contributed by atoms with Crippen LogP contribution in [0.15, 0.2) is 30.6 Å². The molecule has 1 aliphatic carbocycles. The number of aromatic nitrogens is 2. The van der Waals surface area contributed by atoms with E-state index in [0.29, 0.717) is 41.6 Å². The summed E-state index contributed by atoms with van der Waals surface area (Å²) < 4.78 is 16.1. The smallest absolute Gasteiger partial charge is 0.251 e. The SMILES string of the molecule is Cn1cc(-c2ccc(C(=O)N[C@H]3CN(C#N)C[C@H]3C3CC3)cc2F)cn1. The molecule has 0 spiro atoms. The van der Waals surface area contributed by atoms with Gasteiger partial charge in [-0.2, -0.15) is 10.4 Å². The van der Waals surface area contributed by atoms with Crippen LogP contribution in [0.4, 0.5) is 4.39 Å². The lowest BCUT2D eigenvalue weighted by Crippen LogP contribution is -2.41. The van der Waals surface area contributed by atoms with Crippen molar-refractivity contribution in [2.75, 3.05) is 13.1 Å². The van der Waals surface area contributed by atoms with Crippen LogP contribution in [0.25, 0.3) is 11.1 Å². The van der Waals surface area contributed by atoms with Crippen LogP contribution in [-0.4, -0.2) is 39.7 Å². The highest BCUT2D eigenvalue weighted by molar-refractivity contribution is 5.95. The van der Waals surface area contributed by atoms with Crippen molar-refractivity contribution in [3.05, 3.63) is 42.0 Å². The molecule has 1 saturated carbocycles. The zero-order chi connectivity index (χ0) is 18.3. The van der Waals surface area contributed by atoms with Crippen LogP contribution in [-0.2, 0) is 7.05 Å². The first-order valence-corrected chi connectivity index (χ1v) is 8.79. The second-order valence-corrected chi connectivity index (χ2v) is 7.18. The number of nitrogens with one attached hydrogen (secondary N) is 1. The van der Waals surface area contributed by atoms with E-state index in [2.05, 4.69) is 16.6 Å². The molecule has 7 heteroatoms. The summed E-state index contributed by atoms with van der Waals surface area (Å²) in [6, 6.07) is 4.44. The molecule has 0 bridgehead atoms. The molecule has 0 unspecified atom stereocenters. The first kappa shape index (κ1) is 16.6. The van der Waals surface area contributed by atoms with Gasteiger partial charge in [-0.3, -0.25) is 9.48 Å². The van der Waals surface area contributed by atoms with Crippen molar-refractivity contribution >= 4 is 5.91 Å². The Morgan fingerprint density at radius 1 is 1.38 bits per heavy atom.